The second-order valence-corrected chi connectivity index (χ2v) is 15.1. The van der Waals surface area contributed by atoms with Crippen LogP contribution in [-0.4, -0.2) is 19.5 Å². The largest absolute Gasteiger partial charge is 0.292 e. The van der Waals surface area contributed by atoms with Gasteiger partial charge in [0.25, 0.3) is 0 Å². The number of hydrogen-bond acceptors (Lipinski definition) is 3. The molecule has 0 fully saturated rings. The Bertz CT molecular complexity index is 3480. The molecule has 12 rings (SSSR count). The highest BCUT2D eigenvalue weighted by molar-refractivity contribution is 6.15. The molecule has 10 aromatic carbocycles. The van der Waals surface area contributed by atoms with Crippen LogP contribution in [0.1, 0.15) is 0 Å². The van der Waals surface area contributed by atoms with Crippen molar-refractivity contribution in [2.45, 2.75) is 0 Å². The molecule has 0 aliphatic heterocycles. The van der Waals surface area contributed by atoms with Crippen LogP contribution in [0.2, 0.25) is 0 Å². The van der Waals surface area contributed by atoms with Gasteiger partial charge in [0.05, 0.1) is 28.1 Å². The van der Waals surface area contributed by atoms with Crippen LogP contribution in [0, 0.1) is 0 Å². The summed E-state index contributed by atoms with van der Waals surface area (Å²) in [6, 6.07) is 73.2. The lowest BCUT2D eigenvalue weighted by atomic mass is 9.93. The van der Waals surface area contributed by atoms with Crippen LogP contribution in [-0.2, 0) is 0 Å². The first-order valence-electron chi connectivity index (χ1n) is 20.0. The first-order chi connectivity index (χ1) is 29.3. The molecule has 0 aliphatic carbocycles. The summed E-state index contributed by atoms with van der Waals surface area (Å²) in [6.45, 7) is 0. The first-order valence-corrected chi connectivity index (χ1v) is 20.0. The number of imidazole rings is 1. The van der Waals surface area contributed by atoms with E-state index in [-0.39, 0.29) is 0 Å². The van der Waals surface area contributed by atoms with E-state index in [2.05, 4.69) is 205 Å². The Morgan fingerprint density at radius 2 is 0.797 bits per heavy atom. The van der Waals surface area contributed by atoms with Gasteiger partial charge in [-0.15, -0.1) is 0 Å². The molecule has 0 bridgehead atoms. The zero-order valence-corrected chi connectivity index (χ0v) is 31.9. The van der Waals surface area contributed by atoms with Crippen LogP contribution in [0.4, 0.5) is 0 Å². The SMILES string of the molecule is c1ccc(-c2nc3ccccc3n2-c2ccc(-c3nc(-c4cc5ccccc5c5ccccc45)cc(-c4cc5ccccc5c5ccccc45)n3)c3ccccc23)cc1. The number of fused-ring (bicyclic) bond motifs is 8. The van der Waals surface area contributed by atoms with Crippen molar-refractivity contribution in [3.05, 3.63) is 206 Å². The zero-order chi connectivity index (χ0) is 38.9. The first kappa shape index (κ1) is 33.2. The molecule has 0 unspecified atom stereocenters. The maximum absolute atomic E-state index is 5.53. The van der Waals surface area contributed by atoms with Gasteiger partial charge >= 0.3 is 0 Å². The number of aromatic nitrogens is 4. The van der Waals surface area contributed by atoms with Crippen LogP contribution in [0.15, 0.2) is 206 Å². The van der Waals surface area contributed by atoms with Gasteiger partial charge < -0.3 is 0 Å². The Morgan fingerprint density at radius 1 is 0.322 bits per heavy atom. The molecule has 0 saturated heterocycles. The highest BCUT2D eigenvalue weighted by Crippen LogP contribution is 2.41. The molecule has 0 aliphatic rings. The van der Waals surface area contributed by atoms with Crippen molar-refractivity contribution in [2.24, 2.45) is 0 Å². The molecule has 0 amide bonds. The summed E-state index contributed by atoms with van der Waals surface area (Å²) in [4.78, 5) is 16.2. The lowest BCUT2D eigenvalue weighted by molar-refractivity contribution is 1.11. The molecule has 0 radical (unpaired) electrons. The molecule has 0 N–H and O–H groups in total. The van der Waals surface area contributed by atoms with E-state index in [0.717, 1.165) is 77.7 Å². The average Bonchev–Trinajstić information content (AvgIpc) is 3.70. The van der Waals surface area contributed by atoms with E-state index >= 15 is 0 Å². The number of hydrogen-bond donors (Lipinski definition) is 0. The third kappa shape index (κ3) is 5.34. The van der Waals surface area contributed by atoms with E-state index in [1.165, 1.54) is 32.3 Å². The zero-order valence-electron chi connectivity index (χ0n) is 31.9. The highest BCUT2D eigenvalue weighted by atomic mass is 15.1. The number of nitrogens with zero attached hydrogens (tertiary/aromatic N) is 4. The Labute approximate surface area is 340 Å². The molecule has 4 nitrogen and oxygen atoms in total. The predicted octanol–water partition coefficient (Wildman–Crippen LogP) is 14.2. The second-order valence-electron chi connectivity index (χ2n) is 15.1. The molecule has 4 heteroatoms. The van der Waals surface area contributed by atoms with Crippen molar-refractivity contribution in [3.63, 3.8) is 0 Å². The van der Waals surface area contributed by atoms with Gasteiger partial charge in [-0.1, -0.05) is 164 Å². The minimum atomic E-state index is 0.675. The molecular weight excluding hydrogens is 717 g/mol. The summed E-state index contributed by atoms with van der Waals surface area (Å²) < 4.78 is 2.29. The van der Waals surface area contributed by atoms with Gasteiger partial charge in [0, 0.05) is 27.6 Å². The molecule has 12 aromatic rings. The lowest BCUT2D eigenvalue weighted by Crippen LogP contribution is -2.01. The summed E-state index contributed by atoms with van der Waals surface area (Å²) in [5, 5.41) is 11.7. The molecule has 274 valence electrons. The van der Waals surface area contributed by atoms with Gasteiger partial charge in [0.15, 0.2) is 5.82 Å². The van der Waals surface area contributed by atoms with Gasteiger partial charge in [-0.05, 0) is 90.9 Å². The van der Waals surface area contributed by atoms with E-state index in [1.54, 1.807) is 0 Å². The molecule has 59 heavy (non-hydrogen) atoms. The normalized spacial score (nSPS) is 11.7. The third-order valence-electron chi connectivity index (χ3n) is 11.8. The minimum Gasteiger partial charge on any atom is -0.292 e. The standard InChI is InChI=1S/C55H34N4/c1-2-16-35(17-3-1)55-58-49-28-14-15-29-53(49)59(55)52-31-30-46(44-26-12-13-27-45(44)52)54-56-50(47-32-36-18-4-6-20-38(36)40-22-8-10-24-42(40)47)34-51(57-54)48-33-37-19-5-7-21-39(37)41-23-9-11-25-43(41)48/h1-34H. The molecule has 2 heterocycles. The van der Waals surface area contributed by atoms with Gasteiger partial charge in [-0.3, -0.25) is 4.57 Å². The highest BCUT2D eigenvalue weighted by Gasteiger charge is 2.21. The van der Waals surface area contributed by atoms with Crippen LogP contribution < -0.4 is 0 Å². The maximum Gasteiger partial charge on any atom is 0.161 e. The molecule has 2 aromatic heterocycles. The van der Waals surface area contributed by atoms with Crippen molar-refractivity contribution in [1.29, 1.82) is 0 Å². The van der Waals surface area contributed by atoms with Crippen molar-refractivity contribution >= 4 is 64.9 Å². The van der Waals surface area contributed by atoms with Crippen LogP contribution in [0.3, 0.4) is 0 Å². The van der Waals surface area contributed by atoms with Crippen molar-refractivity contribution in [2.75, 3.05) is 0 Å². The monoisotopic (exact) mass is 750 g/mol. The van der Waals surface area contributed by atoms with Crippen molar-refractivity contribution in [1.82, 2.24) is 19.5 Å². The molecule has 0 spiro atoms. The van der Waals surface area contributed by atoms with Gasteiger partial charge in [-0.25, -0.2) is 15.0 Å². The summed E-state index contributed by atoms with van der Waals surface area (Å²) in [7, 11) is 0. The summed E-state index contributed by atoms with van der Waals surface area (Å²) in [5.74, 6) is 1.57. The minimum absolute atomic E-state index is 0.675. The van der Waals surface area contributed by atoms with E-state index in [1.807, 2.05) is 6.07 Å². The Kier molecular flexibility index (Phi) is 7.50. The van der Waals surface area contributed by atoms with E-state index in [0.29, 0.717) is 5.82 Å². The molecular formula is C55H34N4. The van der Waals surface area contributed by atoms with Crippen LogP contribution in [0.25, 0.3) is 116 Å². The fraction of sp³-hybridized carbons (Fsp3) is 0. The van der Waals surface area contributed by atoms with Crippen molar-refractivity contribution < 1.29 is 0 Å². The number of rotatable bonds is 5. The summed E-state index contributed by atoms with van der Waals surface area (Å²) in [6.07, 6.45) is 0. The van der Waals surface area contributed by atoms with Crippen molar-refractivity contribution in [3.8, 4) is 51.0 Å². The predicted molar refractivity (Wildman–Crippen MR) is 246 cm³/mol. The quantitative estimate of drug-likeness (QED) is 0.165. The average molecular weight is 751 g/mol. The van der Waals surface area contributed by atoms with Gasteiger partial charge in [0.1, 0.15) is 5.82 Å². The second kappa shape index (κ2) is 13.3. The van der Waals surface area contributed by atoms with Crippen LogP contribution >= 0.6 is 0 Å². The topological polar surface area (TPSA) is 43.6 Å². The smallest absolute Gasteiger partial charge is 0.161 e. The lowest BCUT2D eigenvalue weighted by Gasteiger charge is -2.17. The van der Waals surface area contributed by atoms with E-state index in [4.69, 9.17) is 15.0 Å². The maximum atomic E-state index is 5.53. The fourth-order valence-corrected chi connectivity index (χ4v) is 9.10. The molecule has 0 atom stereocenters. The number of benzene rings is 10. The summed E-state index contributed by atoms with van der Waals surface area (Å²) in [5.41, 5.74) is 8.99. The van der Waals surface area contributed by atoms with Gasteiger partial charge in [0.2, 0.25) is 0 Å². The Balaban J connectivity index is 1.15. The van der Waals surface area contributed by atoms with Gasteiger partial charge in [-0.2, -0.15) is 0 Å². The fourth-order valence-electron chi connectivity index (χ4n) is 9.10. The number of para-hydroxylation sites is 2. The summed E-state index contributed by atoms with van der Waals surface area (Å²) >= 11 is 0. The van der Waals surface area contributed by atoms with E-state index < -0.39 is 0 Å². The van der Waals surface area contributed by atoms with Crippen LogP contribution in [0.5, 0.6) is 0 Å². The Hall–Kier alpha value is -7.95. The van der Waals surface area contributed by atoms with E-state index in [9.17, 15) is 0 Å². The third-order valence-corrected chi connectivity index (χ3v) is 11.8. The Morgan fingerprint density at radius 3 is 1.41 bits per heavy atom. The molecule has 0 saturated carbocycles.